The number of anilines is 2. The van der Waals surface area contributed by atoms with Crippen LogP contribution in [0, 0.1) is 40.6 Å². The van der Waals surface area contributed by atoms with Crippen LogP contribution in [0.2, 0.25) is 0 Å². The number of carbonyl (C=O) groups is 2. The minimum atomic E-state index is -1.60. The fourth-order valence-corrected chi connectivity index (χ4v) is 3.77. The maximum Gasteiger partial charge on any atom is 0.228 e. The number of aromatic nitrogens is 2. The molecule has 0 bridgehead atoms. The highest BCUT2D eigenvalue weighted by Crippen LogP contribution is 2.33. The number of hydrogen-bond acceptors (Lipinski definition) is 4. The smallest absolute Gasteiger partial charge is 0.228 e. The van der Waals surface area contributed by atoms with Crippen molar-refractivity contribution in [3.63, 3.8) is 0 Å². The number of nitrogens with zero attached hydrogens (tertiary/aromatic N) is 4. The van der Waals surface area contributed by atoms with Gasteiger partial charge in [-0.3, -0.25) is 14.3 Å². The molecule has 29 heavy (non-hydrogen) atoms. The van der Waals surface area contributed by atoms with E-state index in [4.69, 9.17) is 5.26 Å². The minimum Gasteiger partial charge on any atom is -0.326 e. The van der Waals surface area contributed by atoms with Crippen LogP contribution in [-0.2, 0) is 22.6 Å². The molecule has 0 spiro atoms. The van der Waals surface area contributed by atoms with Gasteiger partial charge in [-0.25, -0.2) is 13.2 Å². The summed E-state index contributed by atoms with van der Waals surface area (Å²) in [5.74, 6) is -5.90. The van der Waals surface area contributed by atoms with Gasteiger partial charge in [-0.15, -0.1) is 0 Å². The highest BCUT2D eigenvalue weighted by Gasteiger charge is 2.35. The van der Waals surface area contributed by atoms with E-state index in [2.05, 4.69) is 16.5 Å². The first kappa shape index (κ1) is 19.0. The van der Waals surface area contributed by atoms with Gasteiger partial charge in [0, 0.05) is 49.7 Å². The number of halogens is 3. The standard InChI is InChI=1S/C19H16F3N5O2/c20-13-5-12(6-14(21)18(13)22)25-19(29)11-1-2-27-15(4-11)16(8-24-27)26-9-10(7-23)3-17(26)28/h5-6,8,10-11H,1-4,9H2,(H,25,29). The van der Waals surface area contributed by atoms with Gasteiger partial charge >= 0.3 is 0 Å². The Morgan fingerprint density at radius 3 is 2.62 bits per heavy atom. The first-order valence-corrected chi connectivity index (χ1v) is 9.07. The molecule has 0 saturated carbocycles. The first-order valence-electron chi connectivity index (χ1n) is 9.07. The molecular weight excluding hydrogens is 387 g/mol. The molecule has 2 amide bonds. The number of nitrogens with one attached hydrogen (secondary N) is 1. The lowest BCUT2D eigenvalue weighted by molar-refractivity contribution is -0.120. The number of nitriles is 1. The predicted molar refractivity (Wildman–Crippen MR) is 95.1 cm³/mol. The van der Waals surface area contributed by atoms with E-state index in [1.807, 2.05) is 0 Å². The van der Waals surface area contributed by atoms with E-state index in [-0.39, 0.29) is 36.9 Å². The third-order valence-electron chi connectivity index (χ3n) is 5.28. The van der Waals surface area contributed by atoms with Gasteiger partial charge in [-0.05, 0) is 6.42 Å². The molecule has 1 N–H and O–H groups in total. The summed E-state index contributed by atoms with van der Waals surface area (Å²) in [7, 11) is 0. The zero-order chi connectivity index (χ0) is 20.7. The predicted octanol–water partition coefficient (Wildman–Crippen LogP) is 2.38. The Bertz CT molecular complexity index is 1020. The third kappa shape index (κ3) is 3.44. The van der Waals surface area contributed by atoms with E-state index in [0.717, 1.165) is 12.1 Å². The Balaban J connectivity index is 1.52. The molecule has 2 aromatic rings. The number of amides is 2. The molecule has 2 atom stereocenters. The van der Waals surface area contributed by atoms with Crippen molar-refractivity contribution in [1.29, 1.82) is 5.26 Å². The molecule has 3 heterocycles. The molecule has 10 heteroatoms. The van der Waals surface area contributed by atoms with Crippen LogP contribution in [0.15, 0.2) is 18.3 Å². The van der Waals surface area contributed by atoms with Crippen LogP contribution in [0.25, 0.3) is 0 Å². The number of hydrogen-bond donors (Lipinski definition) is 1. The van der Waals surface area contributed by atoms with Crippen molar-refractivity contribution < 1.29 is 22.8 Å². The second kappa shape index (κ2) is 7.24. The molecule has 1 aromatic heterocycles. The molecule has 0 radical (unpaired) electrons. The second-order valence-electron chi connectivity index (χ2n) is 7.17. The highest BCUT2D eigenvalue weighted by atomic mass is 19.2. The topological polar surface area (TPSA) is 91.0 Å². The molecule has 2 unspecified atom stereocenters. The first-order chi connectivity index (χ1) is 13.9. The quantitative estimate of drug-likeness (QED) is 0.797. The maximum atomic E-state index is 13.4. The zero-order valence-corrected chi connectivity index (χ0v) is 15.2. The van der Waals surface area contributed by atoms with Crippen LogP contribution >= 0.6 is 0 Å². The van der Waals surface area contributed by atoms with Crippen molar-refractivity contribution in [1.82, 2.24) is 9.78 Å². The molecule has 7 nitrogen and oxygen atoms in total. The van der Waals surface area contributed by atoms with Crippen LogP contribution in [0.1, 0.15) is 18.5 Å². The fourth-order valence-electron chi connectivity index (χ4n) is 3.77. The van der Waals surface area contributed by atoms with Gasteiger partial charge in [0.1, 0.15) is 0 Å². The number of fused-ring (bicyclic) bond motifs is 1. The molecule has 2 aliphatic rings. The number of benzene rings is 1. The van der Waals surface area contributed by atoms with Crippen LogP contribution in [0.3, 0.4) is 0 Å². The number of carbonyl (C=O) groups excluding carboxylic acids is 2. The van der Waals surface area contributed by atoms with E-state index >= 15 is 0 Å². The molecule has 0 aliphatic carbocycles. The van der Waals surface area contributed by atoms with Crippen molar-refractivity contribution in [2.75, 3.05) is 16.8 Å². The van der Waals surface area contributed by atoms with E-state index < -0.39 is 29.3 Å². The summed E-state index contributed by atoms with van der Waals surface area (Å²) in [5, 5.41) is 15.8. The van der Waals surface area contributed by atoms with Gasteiger partial charge in [-0.2, -0.15) is 10.4 Å². The summed E-state index contributed by atoms with van der Waals surface area (Å²) >= 11 is 0. The van der Waals surface area contributed by atoms with Crippen molar-refractivity contribution in [2.45, 2.75) is 25.8 Å². The molecule has 1 fully saturated rings. The average Bonchev–Trinajstić information content (AvgIpc) is 3.28. The van der Waals surface area contributed by atoms with E-state index in [1.54, 1.807) is 10.9 Å². The largest absolute Gasteiger partial charge is 0.326 e. The second-order valence-corrected chi connectivity index (χ2v) is 7.17. The summed E-state index contributed by atoms with van der Waals surface area (Å²) in [6.07, 6.45) is 2.42. The Kier molecular flexibility index (Phi) is 4.74. The average molecular weight is 403 g/mol. The molecule has 2 aliphatic heterocycles. The summed E-state index contributed by atoms with van der Waals surface area (Å²) < 4.78 is 41.5. The Hall–Kier alpha value is -3.35. The van der Waals surface area contributed by atoms with Crippen LogP contribution in [-0.4, -0.2) is 28.1 Å². The van der Waals surface area contributed by atoms with E-state index in [0.29, 0.717) is 24.3 Å². The van der Waals surface area contributed by atoms with Crippen molar-refractivity contribution in [3.05, 3.63) is 41.5 Å². The number of rotatable bonds is 3. The van der Waals surface area contributed by atoms with E-state index in [1.165, 1.54) is 4.90 Å². The molecular formula is C19H16F3N5O2. The SMILES string of the molecule is N#CC1CC(=O)N(c2cnn3c2CC(C(=O)Nc2cc(F)c(F)c(F)c2)CC3)C1. The molecule has 150 valence electrons. The van der Waals surface area contributed by atoms with Gasteiger partial charge in [0.05, 0.1) is 29.6 Å². The summed E-state index contributed by atoms with van der Waals surface area (Å²) in [4.78, 5) is 26.3. The molecule has 4 rings (SSSR count). The van der Waals surface area contributed by atoms with Gasteiger partial charge in [-0.1, -0.05) is 0 Å². The minimum absolute atomic E-state index is 0.146. The van der Waals surface area contributed by atoms with Gasteiger partial charge in [0.15, 0.2) is 17.5 Å². The summed E-state index contributed by atoms with van der Waals surface area (Å²) in [6.45, 7) is 0.711. The van der Waals surface area contributed by atoms with Crippen LogP contribution < -0.4 is 10.2 Å². The summed E-state index contributed by atoms with van der Waals surface area (Å²) in [6, 6.07) is 3.54. The number of aryl methyl sites for hydroxylation is 1. The Labute approximate surface area is 163 Å². The summed E-state index contributed by atoms with van der Waals surface area (Å²) in [5.41, 5.74) is 1.10. The van der Waals surface area contributed by atoms with Gasteiger partial charge in [0.25, 0.3) is 0 Å². The lowest BCUT2D eigenvalue weighted by atomic mass is 9.94. The van der Waals surface area contributed by atoms with Crippen LogP contribution in [0.5, 0.6) is 0 Å². The Morgan fingerprint density at radius 1 is 1.24 bits per heavy atom. The Morgan fingerprint density at radius 2 is 1.97 bits per heavy atom. The third-order valence-corrected chi connectivity index (χ3v) is 5.28. The van der Waals surface area contributed by atoms with Crippen molar-refractivity contribution >= 4 is 23.2 Å². The van der Waals surface area contributed by atoms with Gasteiger partial charge < -0.3 is 10.2 Å². The lowest BCUT2D eigenvalue weighted by Gasteiger charge is -2.25. The van der Waals surface area contributed by atoms with Crippen molar-refractivity contribution in [3.8, 4) is 6.07 Å². The van der Waals surface area contributed by atoms with Crippen molar-refractivity contribution in [2.24, 2.45) is 11.8 Å². The fraction of sp³-hybridized carbons (Fsp3) is 0.368. The lowest BCUT2D eigenvalue weighted by Crippen LogP contribution is -2.32. The maximum absolute atomic E-state index is 13.4. The van der Waals surface area contributed by atoms with Gasteiger partial charge in [0.2, 0.25) is 11.8 Å². The normalized spacial score (nSPS) is 21.0. The van der Waals surface area contributed by atoms with Crippen LogP contribution in [0.4, 0.5) is 24.5 Å². The molecule has 1 aromatic carbocycles. The monoisotopic (exact) mass is 403 g/mol. The highest BCUT2D eigenvalue weighted by molar-refractivity contribution is 5.97. The molecule has 1 saturated heterocycles. The zero-order valence-electron chi connectivity index (χ0n) is 15.2. The van der Waals surface area contributed by atoms with E-state index in [9.17, 15) is 22.8 Å².